The van der Waals surface area contributed by atoms with Gasteiger partial charge in [-0.25, -0.2) is 18.3 Å². The Hall–Kier alpha value is -2.31. The van der Waals surface area contributed by atoms with Gasteiger partial charge in [-0.2, -0.15) is 10.2 Å². The average Bonchev–Trinajstić information content (AvgIpc) is 3.03. The van der Waals surface area contributed by atoms with Crippen molar-refractivity contribution in [3.63, 3.8) is 0 Å². The molecule has 0 spiro atoms. The summed E-state index contributed by atoms with van der Waals surface area (Å²) < 4.78 is 29.2. The maximum absolute atomic E-state index is 13.1. The zero-order valence-electron chi connectivity index (χ0n) is 11.1. The van der Waals surface area contributed by atoms with Gasteiger partial charge in [0, 0.05) is 23.9 Å². The molecule has 3 heterocycles. The summed E-state index contributed by atoms with van der Waals surface area (Å²) in [5.74, 6) is 0. The van der Waals surface area contributed by atoms with Crippen molar-refractivity contribution in [2.75, 3.05) is 0 Å². The molecule has 7 heteroatoms. The van der Waals surface area contributed by atoms with Crippen LogP contribution in [0.4, 0.5) is 8.78 Å². The van der Waals surface area contributed by atoms with E-state index >= 15 is 0 Å². The number of halogens is 2. The molecule has 0 aromatic carbocycles. The highest BCUT2D eigenvalue weighted by atomic mass is 19.3. The largest absolute Gasteiger partial charge is 0.280 e. The minimum atomic E-state index is -2.61. The molecule has 0 aliphatic rings. The summed E-state index contributed by atoms with van der Waals surface area (Å²) in [6.45, 7) is 4.60. The molecule has 0 aliphatic heterocycles. The normalized spacial score (nSPS) is 11.7. The van der Waals surface area contributed by atoms with Crippen molar-refractivity contribution < 1.29 is 8.78 Å². The van der Waals surface area contributed by atoms with E-state index in [1.54, 1.807) is 16.9 Å². The van der Waals surface area contributed by atoms with Gasteiger partial charge in [-0.15, -0.1) is 0 Å². The molecule has 3 rings (SSSR count). The van der Waals surface area contributed by atoms with Crippen molar-refractivity contribution in [2.24, 2.45) is 0 Å². The van der Waals surface area contributed by atoms with Crippen molar-refractivity contribution in [3.8, 4) is 11.3 Å². The van der Waals surface area contributed by atoms with Crippen LogP contribution in [-0.4, -0.2) is 24.4 Å². The van der Waals surface area contributed by atoms with E-state index in [4.69, 9.17) is 0 Å². The Morgan fingerprint density at radius 2 is 2.10 bits per heavy atom. The minimum absolute atomic E-state index is 0.168. The molecule has 0 radical (unpaired) electrons. The summed E-state index contributed by atoms with van der Waals surface area (Å²) in [4.78, 5) is 4.37. The first-order valence-corrected chi connectivity index (χ1v) is 6.27. The van der Waals surface area contributed by atoms with Crippen molar-refractivity contribution in [1.82, 2.24) is 24.4 Å². The summed E-state index contributed by atoms with van der Waals surface area (Å²) in [6.07, 6.45) is 0.504. The van der Waals surface area contributed by atoms with E-state index in [1.165, 1.54) is 12.3 Å². The maximum Gasteiger partial charge on any atom is 0.280 e. The number of hydrogen-bond donors (Lipinski definition) is 0. The Morgan fingerprint density at radius 1 is 1.30 bits per heavy atom. The quantitative estimate of drug-likeness (QED) is 0.739. The highest BCUT2D eigenvalue weighted by molar-refractivity contribution is 5.64. The van der Waals surface area contributed by atoms with Gasteiger partial charge >= 0.3 is 0 Å². The van der Waals surface area contributed by atoms with E-state index in [2.05, 4.69) is 15.2 Å². The standard InChI is InChI=1S/C13H13F2N5/c1-3-19-8(2)9(7-17-19)10-6-11(13(14)15)20-12(18-10)4-5-16-20/h4-7,13H,3H2,1-2H3. The van der Waals surface area contributed by atoms with E-state index in [9.17, 15) is 8.78 Å². The zero-order valence-corrected chi connectivity index (χ0v) is 11.1. The monoisotopic (exact) mass is 277 g/mol. The average molecular weight is 277 g/mol. The van der Waals surface area contributed by atoms with Gasteiger partial charge in [-0.3, -0.25) is 4.68 Å². The number of aryl methyl sites for hydroxylation is 1. The van der Waals surface area contributed by atoms with Crippen LogP contribution in [0.1, 0.15) is 24.7 Å². The van der Waals surface area contributed by atoms with Gasteiger partial charge in [0.15, 0.2) is 5.65 Å². The van der Waals surface area contributed by atoms with E-state index in [0.29, 0.717) is 11.3 Å². The van der Waals surface area contributed by atoms with Crippen LogP contribution in [0.15, 0.2) is 24.5 Å². The van der Waals surface area contributed by atoms with E-state index in [1.807, 2.05) is 13.8 Å². The molecule has 0 aliphatic carbocycles. The number of aromatic nitrogens is 5. The SMILES string of the molecule is CCn1ncc(-c2cc(C(F)F)n3nccc3n2)c1C. The van der Waals surface area contributed by atoms with Gasteiger partial charge < -0.3 is 0 Å². The van der Waals surface area contributed by atoms with E-state index < -0.39 is 6.43 Å². The molecule has 0 saturated heterocycles. The summed E-state index contributed by atoms with van der Waals surface area (Å²) in [6, 6.07) is 2.98. The number of fused-ring (bicyclic) bond motifs is 1. The van der Waals surface area contributed by atoms with Crippen molar-refractivity contribution in [2.45, 2.75) is 26.8 Å². The van der Waals surface area contributed by atoms with Gasteiger partial charge in [0.1, 0.15) is 5.69 Å². The molecule has 104 valence electrons. The maximum atomic E-state index is 13.1. The number of rotatable bonds is 3. The van der Waals surface area contributed by atoms with Gasteiger partial charge in [0.05, 0.1) is 18.1 Å². The molecule has 5 nitrogen and oxygen atoms in total. The molecule has 20 heavy (non-hydrogen) atoms. The highest BCUT2D eigenvalue weighted by Gasteiger charge is 2.17. The third kappa shape index (κ3) is 1.86. The first-order chi connectivity index (χ1) is 9.61. The third-order valence-corrected chi connectivity index (χ3v) is 3.29. The highest BCUT2D eigenvalue weighted by Crippen LogP contribution is 2.27. The summed E-state index contributed by atoms with van der Waals surface area (Å²) in [7, 11) is 0. The fourth-order valence-corrected chi connectivity index (χ4v) is 2.25. The number of hydrogen-bond acceptors (Lipinski definition) is 3. The van der Waals surface area contributed by atoms with Gasteiger partial charge in [0.25, 0.3) is 6.43 Å². The van der Waals surface area contributed by atoms with Crippen LogP contribution in [0.2, 0.25) is 0 Å². The zero-order chi connectivity index (χ0) is 14.3. The van der Waals surface area contributed by atoms with Crippen LogP contribution >= 0.6 is 0 Å². The van der Waals surface area contributed by atoms with Gasteiger partial charge in [-0.1, -0.05) is 0 Å². The first-order valence-electron chi connectivity index (χ1n) is 6.27. The van der Waals surface area contributed by atoms with Crippen LogP contribution in [-0.2, 0) is 6.54 Å². The Labute approximate surface area is 113 Å². The summed E-state index contributed by atoms with van der Waals surface area (Å²) in [5, 5.41) is 8.09. The lowest BCUT2D eigenvalue weighted by Gasteiger charge is -2.07. The van der Waals surface area contributed by atoms with E-state index in [0.717, 1.165) is 22.3 Å². The minimum Gasteiger partial charge on any atom is -0.269 e. The Kier molecular flexibility index (Phi) is 2.96. The molecule has 0 atom stereocenters. The van der Waals surface area contributed by atoms with Gasteiger partial charge in [0.2, 0.25) is 0 Å². The van der Waals surface area contributed by atoms with Crippen LogP contribution in [0.3, 0.4) is 0 Å². The molecule has 0 bridgehead atoms. The molecule has 3 aromatic heterocycles. The number of alkyl halides is 2. The Bertz CT molecular complexity index is 759. The molecule has 0 N–H and O–H groups in total. The van der Waals surface area contributed by atoms with Crippen molar-refractivity contribution in [1.29, 1.82) is 0 Å². The lowest BCUT2D eigenvalue weighted by molar-refractivity contribution is 0.143. The van der Waals surface area contributed by atoms with Crippen molar-refractivity contribution in [3.05, 3.63) is 35.9 Å². The molecular weight excluding hydrogens is 264 g/mol. The fourth-order valence-electron chi connectivity index (χ4n) is 2.25. The predicted molar refractivity (Wildman–Crippen MR) is 69.6 cm³/mol. The lowest BCUT2D eigenvalue weighted by Crippen LogP contribution is -2.03. The second-order valence-corrected chi connectivity index (χ2v) is 4.43. The van der Waals surface area contributed by atoms with Crippen LogP contribution in [0, 0.1) is 6.92 Å². The summed E-state index contributed by atoms with van der Waals surface area (Å²) in [5.41, 5.74) is 2.40. The first kappa shape index (κ1) is 12.7. The lowest BCUT2D eigenvalue weighted by atomic mass is 10.1. The molecule has 0 saturated carbocycles. The molecule has 3 aromatic rings. The third-order valence-electron chi connectivity index (χ3n) is 3.29. The van der Waals surface area contributed by atoms with Crippen LogP contribution in [0.5, 0.6) is 0 Å². The Balaban J connectivity index is 2.23. The molecule has 0 amide bonds. The topological polar surface area (TPSA) is 48.0 Å². The molecule has 0 unspecified atom stereocenters. The smallest absolute Gasteiger partial charge is 0.269 e. The fraction of sp³-hybridized carbons (Fsp3) is 0.308. The van der Waals surface area contributed by atoms with Crippen LogP contribution in [0.25, 0.3) is 16.9 Å². The van der Waals surface area contributed by atoms with Crippen LogP contribution < -0.4 is 0 Å². The second kappa shape index (κ2) is 4.66. The molecule has 0 fully saturated rings. The Morgan fingerprint density at radius 3 is 2.75 bits per heavy atom. The second-order valence-electron chi connectivity index (χ2n) is 4.43. The predicted octanol–water partition coefficient (Wildman–Crippen LogP) is 2.86. The molecular formula is C13H13F2N5. The number of nitrogens with zero attached hydrogens (tertiary/aromatic N) is 5. The van der Waals surface area contributed by atoms with Gasteiger partial charge in [-0.05, 0) is 19.9 Å². The van der Waals surface area contributed by atoms with Crippen molar-refractivity contribution >= 4 is 5.65 Å². The van der Waals surface area contributed by atoms with E-state index in [-0.39, 0.29) is 5.69 Å². The summed E-state index contributed by atoms with van der Waals surface area (Å²) >= 11 is 0.